The minimum Gasteiger partial charge on any atom is -0.467 e. The Morgan fingerprint density at radius 3 is 2.44 bits per heavy atom. The van der Waals surface area contributed by atoms with Crippen molar-refractivity contribution in [3.05, 3.63) is 0 Å². The van der Waals surface area contributed by atoms with Crippen molar-refractivity contribution in [1.29, 1.82) is 0 Å². The second-order valence-corrected chi connectivity index (χ2v) is 4.75. The molecule has 0 aromatic rings. The van der Waals surface area contributed by atoms with E-state index in [1.807, 2.05) is 13.8 Å². The lowest BCUT2D eigenvalue weighted by Gasteiger charge is -2.29. The Labute approximate surface area is 108 Å². The normalized spacial score (nSPS) is 17.4. The predicted molar refractivity (Wildman–Crippen MR) is 66.2 cm³/mol. The molecule has 1 fully saturated rings. The van der Waals surface area contributed by atoms with E-state index in [0.29, 0.717) is 38.6 Å². The lowest BCUT2D eigenvalue weighted by molar-refractivity contribution is -0.143. The first kappa shape index (κ1) is 14.8. The molecule has 6 nitrogen and oxygen atoms in total. The number of carbonyl (C=O) groups is 2. The van der Waals surface area contributed by atoms with Crippen molar-refractivity contribution in [3.63, 3.8) is 0 Å². The first-order valence-corrected chi connectivity index (χ1v) is 6.25. The second-order valence-electron chi connectivity index (χ2n) is 4.75. The van der Waals surface area contributed by atoms with Crippen LogP contribution in [0.4, 0.5) is 4.79 Å². The zero-order valence-corrected chi connectivity index (χ0v) is 11.3. The largest absolute Gasteiger partial charge is 0.467 e. The highest BCUT2D eigenvalue weighted by Crippen LogP contribution is 2.07. The van der Waals surface area contributed by atoms with Crippen LogP contribution in [0.3, 0.4) is 0 Å². The number of hydrogen-bond acceptors (Lipinski definition) is 4. The summed E-state index contributed by atoms with van der Waals surface area (Å²) in [5.41, 5.74) is 0. The van der Waals surface area contributed by atoms with E-state index in [1.54, 1.807) is 4.90 Å². The van der Waals surface area contributed by atoms with Gasteiger partial charge in [0, 0.05) is 13.1 Å². The summed E-state index contributed by atoms with van der Waals surface area (Å²) >= 11 is 0. The minimum atomic E-state index is -0.578. The summed E-state index contributed by atoms with van der Waals surface area (Å²) in [7, 11) is 1.33. The molecule has 0 aliphatic carbocycles. The van der Waals surface area contributed by atoms with Crippen LogP contribution in [0.5, 0.6) is 0 Å². The van der Waals surface area contributed by atoms with E-state index in [9.17, 15) is 9.59 Å². The third-order valence-electron chi connectivity index (χ3n) is 2.79. The topological polar surface area (TPSA) is 67.9 Å². The number of amides is 2. The van der Waals surface area contributed by atoms with Crippen LogP contribution in [0.2, 0.25) is 0 Å². The van der Waals surface area contributed by atoms with Crippen LogP contribution in [0.15, 0.2) is 0 Å². The molecule has 0 radical (unpaired) electrons. The van der Waals surface area contributed by atoms with E-state index in [2.05, 4.69) is 5.32 Å². The Hall–Kier alpha value is -1.30. The summed E-state index contributed by atoms with van der Waals surface area (Å²) < 4.78 is 9.88. The van der Waals surface area contributed by atoms with Gasteiger partial charge in [-0.25, -0.2) is 9.59 Å². The van der Waals surface area contributed by atoms with Gasteiger partial charge in [-0.15, -0.1) is 0 Å². The Morgan fingerprint density at radius 2 is 1.94 bits per heavy atom. The lowest BCUT2D eigenvalue weighted by Crippen LogP contribution is -2.51. The van der Waals surface area contributed by atoms with Crippen LogP contribution in [0, 0.1) is 5.92 Å². The van der Waals surface area contributed by atoms with Gasteiger partial charge in [0.05, 0.1) is 20.3 Å². The maximum atomic E-state index is 12.0. The summed E-state index contributed by atoms with van der Waals surface area (Å²) in [6.45, 7) is 6.19. The molecule has 1 atom stereocenters. The predicted octanol–water partition coefficient (Wildman–Crippen LogP) is 0.616. The number of ether oxygens (including phenoxy) is 2. The maximum absolute atomic E-state index is 12.0. The van der Waals surface area contributed by atoms with Gasteiger partial charge in [0.25, 0.3) is 0 Å². The van der Waals surface area contributed by atoms with E-state index >= 15 is 0 Å². The SMILES string of the molecule is COC(=O)[C@@H](CC(C)C)NC(=O)N1CCOCC1. The number of nitrogens with one attached hydrogen (secondary N) is 1. The standard InChI is InChI=1S/C12H22N2O4/c1-9(2)8-10(11(15)17-3)13-12(16)14-4-6-18-7-5-14/h9-10H,4-8H2,1-3H3,(H,13,16)/t10-/m1/s1. The first-order valence-electron chi connectivity index (χ1n) is 6.25. The summed E-state index contributed by atoms with van der Waals surface area (Å²) in [5, 5.41) is 2.73. The monoisotopic (exact) mass is 258 g/mol. The van der Waals surface area contributed by atoms with Crippen molar-refractivity contribution in [1.82, 2.24) is 10.2 Å². The van der Waals surface area contributed by atoms with Crippen LogP contribution in [0.1, 0.15) is 20.3 Å². The van der Waals surface area contributed by atoms with Crippen molar-refractivity contribution >= 4 is 12.0 Å². The van der Waals surface area contributed by atoms with E-state index in [4.69, 9.17) is 9.47 Å². The number of hydrogen-bond donors (Lipinski definition) is 1. The van der Waals surface area contributed by atoms with E-state index in [0.717, 1.165) is 0 Å². The van der Waals surface area contributed by atoms with Gasteiger partial charge in [0.15, 0.2) is 0 Å². The number of carbonyl (C=O) groups excluding carboxylic acids is 2. The van der Waals surface area contributed by atoms with Crippen molar-refractivity contribution in [2.24, 2.45) is 5.92 Å². The summed E-state index contributed by atoms with van der Waals surface area (Å²) in [6, 6.07) is -0.806. The fraction of sp³-hybridized carbons (Fsp3) is 0.833. The van der Waals surface area contributed by atoms with Gasteiger partial charge in [-0.05, 0) is 12.3 Å². The van der Waals surface area contributed by atoms with Crippen molar-refractivity contribution in [3.8, 4) is 0 Å². The molecular formula is C12H22N2O4. The molecule has 6 heteroatoms. The molecule has 1 N–H and O–H groups in total. The zero-order valence-electron chi connectivity index (χ0n) is 11.3. The molecule has 1 aliphatic rings. The van der Waals surface area contributed by atoms with Crippen LogP contribution in [0.25, 0.3) is 0 Å². The highest BCUT2D eigenvalue weighted by atomic mass is 16.5. The van der Waals surface area contributed by atoms with Gasteiger partial charge in [0.1, 0.15) is 6.04 Å². The Bertz CT molecular complexity index is 288. The molecule has 0 bridgehead atoms. The van der Waals surface area contributed by atoms with Gasteiger partial charge in [0.2, 0.25) is 0 Å². The molecule has 1 heterocycles. The highest BCUT2D eigenvalue weighted by Gasteiger charge is 2.25. The fourth-order valence-electron chi connectivity index (χ4n) is 1.83. The number of morpholine rings is 1. The van der Waals surface area contributed by atoms with Gasteiger partial charge >= 0.3 is 12.0 Å². The summed E-state index contributed by atoms with van der Waals surface area (Å²) in [4.78, 5) is 25.2. The molecule has 1 rings (SSSR count). The molecule has 0 aromatic carbocycles. The van der Waals surface area contributed by atoms with Crippen LogP contribution >= 0.6 is 0 Å². The number of nitrogens with zero attached hydrogens (tertiary/aromatic N) is 1. The molecule has 2 amide bonds. The third kappa shape index (κ3) is 4.52. The zero-order chi connectivity index (χ0) is 13.5. The number of methoxy groups -OCH3 is 1. The van der Waals surface area contributed by atoms with Gasteiger partial charge < -0.3 is 19.7 Å². The van der Waals surface area contributed by atoms with Crippen LogP contribution in [-0.4, -0.2) is 56.4 Å². The number of esters is 1. The highest BCUT2D eigenvalue weighted by molar-refractivity contribution is 5.83. The van der Waals surface area contributed by atoms with Crippen molar-refractivity contribution < 1.29 is 19.1 Å². The molecule has 104 valence electrons. The fourth-order valence-corrected chi connectivity index (χ4v) is 1.83. The van der Waals surface area contributed by atoms with E-state index in [-0.39, 0.29) is 6.03 Å². The lowest BCUT2D eigenvalue weighted by atomic mass is 10.0. The molecule has 0 aromatic heterocycles. The molecule has 1 aliphatic heterocycles. The average Bonchev–Trinajstić information content (AvgIpc) is 2.37. The molecule has 0 spiro atoms. The maximum Gasteiger partial charge on any atom is 0.328 e. The Morgan fingerprint density at radius 1 is 1.33 bits per heavy atom. The van der Waals surface area contributed by atoms with Crippen molar-refractivity contribution in [2.45, 2.75) is 26.3 Å². The molecule has 1 saturated heterocycles. The minimum absolute atomic E-state index is 0.227. The number of urea groups is 1. The van der Waals surface area contributed by atoms with E-state index in [1.165, 1.54) is 7.11 Å². The molecule has 0 unspecified atom stereocenters. The third-order valence-corrected chi connectivity index (χ3v) is 2.79. The van der Waals surface area contributed by atoms with Gasteiger partial charge in [-0.1, -0.05) is 13.8 Å². The molecule has 0 saturated carbocycles. The summed E-state index contributed by atoms with van der Waals surface area (Å²) in [6.07, 6.45) is 0.572. The second kappa shape index (κ2) is 7.20. The quantitative estimate of drug-likeness (QED) is 0.750. The van der Waals surface area contributed by atoms with Gasteiger partial charge in [-0.2, -0.15) is 0 Å². The van der Waals surface area contributed by atoms with E-state index < -0.39 is 12.0 Å². The first-order chi connectivity index (χ1) is 8.54. The Kier molecular flexibility index (Phi) is 5.91. The summed E-state index contributed by atoms with van der Waals surface area (Å²) in [5.74, 6) is -0.0931. The average molecular weight is 258 g/mol. The van der Waals surface area contributed by atoms with Crippen molar-refractivity contribution in [2.75, 3.05) is 33.4 Å². The molecular weight excluding hydrogens is 236 g/mol. The smallest absolute Gasteiger partial charge is 0.328 e. The van der Waals surface area contributed by atoms with Crippen LogP contribution in [-0.2, 0) is 14.3 Å². The Balaban J connectivity index is 2.52. The molecule has 18 heavy (non-hydrogen) atoms. The van der Waals surface area contributed by atoms with Crippen LogP contribution < -0.4 is 5.32 Å². The van der Waals surface area contributed by atoms with Gasteiger partial charge in [-0.3, -0.25) is 0 Å². The number of rotatable bonds is 4.